The Labute approximate surface area is 406 Å². The summed E-state index contributed by atoms with van der Waals surface area (Å²) in [7, 11) is -3.20. The van der Waals surface area contributed by atoms with Crippen molar-refractivity contribution in [2.45, 2.75) is 58.8 Å². The Morgan fingerprint density at radius 2 is 0.500 bits per heavy atom. The molecule has 10 rings (SSSR count). The zero-order chi connectivity index (χ0) is 46.1. The molecule has 0 amide bonds. The van der Waals surface area contributed by atoms with Gasteiger partial charge in [-0.2, -0.15) is 0 Å². The van der Waals surface area contributed by atoms with E-state index in [1.165, 1.54) is 93.5 Å². The van der Waals surface area contributed by atoms with Gasteiger partial charge in [-0.05, 0) is 146 Å². The van der Waals surface area contributed by atoms with Crippen molar-refractivity contribution in [2.24, 2.45) is 0 Å². The minimum Gasteiger partial charge on any atom is -0.0776 e. The summed E-state index contributed by atoms with van der Waals surface area (Å²) in [5.41, 5.74) is 19.1. The predicted molar refractivity (Wildman–Crippen MR) is 291 cm³/mol. The van der Waals surface area contributed by atoms with E-state index in [0.29, 0.717) is 0 Å². The molecule has 1 heteroatoms. The van der Waals surface area contributed by atoms with Crippen LogP contribution in [0.15, 0.2) is 259 Å². The first-order valence-electron chi connectivity index (χ1n) is 24.5. The molecule has 0 fully saturated rings. The second-order valence-electron chi connectivity index (χ2n) is 19.1. The molecule has 0 saturated carbocycles. The first-order chi connectivity index (χ1) is 33.4. The summed E-state index contributed by atoms with van der Waals surface area (Å²) in [5, 5.41) is 5.95. The summed E-state index contributed by atoms with van der Waals surface area (Å²) < 4.78 is 0. The summed E-state index contributed by atoms with van der Waals surface area (Å²) >= 11 is 0. The van der Waals surface area contributed by atoms with Crippen molar-refractivity contribution >= 4 is 23.6 Å². The third-order valence-corrected chi connectivity index (χ3v) is 18.9. The maximum absolute atomic E-state index is 3.20. The Bertz CT molecular complexity index is 2670. The topological polar surface area (TPSA) is 0 Å². The Hall–Kier alpha value is -7.32. The van der Waals surface area contributed by atoms with E-state index in [4.69, 9.17) is 0 Å². The molecule has 9 aromatic rings. The van der Waals surface area contributed by atoms with Gasteiger partial charge in [0.1, 0.15) is 0 Å². The maximum Gasteiger partial charge on any atom is 0.179 e. The van der Waals surface area contributed by atoms with Crippen LogP contribution in [0.5, 0.6) is 0 Å². The van der Waals surface area contributed by atoms with E-state index >= 15 is 0 Å². The van der Waals surface area contributed by atoms with Crippen LogP contribution in [-0.2, 0) is 38.5 Å². The van der Waals surface area contributed by atoms with Gasteiger partial charge >= 0.3 is 0 Å². The molecule has 68 heavy (non-hydrogen) atoms. The van der Waals surface area contributed by atoms with Crippen LogP contribution in [0, 0.1) is 0 Å². The van der Waals surface area contributed by atoms with E-state index in [2.05, 4.69) is 257 Å². The van der Waals surface area contributed by atoms with Gasteiger partial charge in [0.2, 0.25) is 0 Å². The number of allylic oxidation sites excluding steroid dienone is 4. The van der Waals surface area contributed by atoms with Crippen molar-refractivity contribution in [1.82, 2.24) is 0 Å². The molecule has 0 atom stereocenters. The molecule has 0 nitrogen and oxygen atoms in total. The van der Waals surface area contributed by atoms with Crippen LogP contribution >= 0.6 is 0 Å². The van der Waals surface area contributed by atoms with E-state index in [1.807, 2.05) is 0 Å². The minimum atomic E-state index is -3.20. The molecule has 0 N–H and O–H groups in total. The number of rotatable bonds is 16. The Morgan fingerprint density at radius 3 is 0.691 bits per heavy atom. The molecule has 9 aromatic carbocycles. The molecule has 332 valence electrons. The van der Waals surface area contributed by atoms with Gasteiger partial charge in [0.05, 0.1) is 0 Å². The highest BCUT2D eigenvalue weighted by molar-refractivity contribution is 7.16. The third-order valence-electron chi connectivity index (χ3n) is 13.9. The standard InChI is InChI=1S/C67H60Si/c1-50-33-34-51(2)67(50)68(64-44-58(35-52-21-9-3-10-22-52)41-59(45-64)36-53-23-11-4-12-24-53,65-46-60(37-54-25-13-5-14-26-54)42-61(47-65)38-55-27-15-6-16-28-55)66-48-62(39-56-29-17-7-18-30-56)43-63(49-66)40-57-31-19-8-20-32-57/h3-33,41-49H,34-40H2,1-2H3. The minimum absolute atomic E-state index is 0.869. The fraction of sp³-hybridized carbons (Fsp3) is 0.134. The molecular formula is C67H60Si. The van der Waals surface area contributed by atoms with Gasteiger partial charge in [-0.25, -0.2) is 0 Å². The van der Waals surface area contributed by atoms with Crippen molar-refractivity contribution in [3.63, 3.8) is 0 Å². The zero-order valence-electron chi connectivity index (χ0n) is 39.5. The Kier molecular flexibility index (Phi) is 13.5. The van der Waals surface area contributed by atoms with Crippen molar-refractivity contribution in [2.75, 3.05) is 0 Å². The van der Waals surface area contributed by atoms with E-state index < -0.39 is 8.07 Å². The van der Waals surface area contributed by atoms with Crippen LogP contribution < -0.4 is 15.6 Å². The smallest absolute Gasteiger partial charge is 0.0776 e. The number of benzene rings is 9. The Balaban J connectivity index is 1.31. The molecule has 0 heterocycles. The summed E-state index contributed by atoms with van der Waals surface area (Å²) in [6.07, 6.45) is 8.70. The van der Waals surface area contributed by atoms with Crippen molar-refractivity contribution in [3.8, 4) is 0 Å². The lowest BCUT2D eigenvalue weighted by Crippen LogP contribution is -2.69. The SMILES string of the molecule is CC1=CCC(C)=C1[Si](c1cc(Cc2ccccc2)cc(Cc2ccccc2)c1)(c1cc(Cc2ccccc2)cc(Cc2ccccc2)c1)c1cc(Cc2ccccc2)cc(Cc2ccccc2)c1. The monoisotopic (exact) mass is 892 g/mol. The van der Waals surface area contributed by atoms with Gasteiger partial charge in [-0.3, -0.25) is 0 Å². The van der Waals surface area contributed by atoms with Gasteiger partial charge in [-0.15, -0.1) is 0 Å². The van der Waals surface area contributed by atoms with Crippen molar-refractivity contribution in [1.29, 1.82) is 0 Å². The van der Waals surface area contributed by atoms with Crippen molar-refractivity contribution in [3.05, 3.63) is 326 Å². The highest BCUT2D eigenvalue weighted by Gasteiger charge is 2.46. The van der Waals surface area contributed by atoms with E-state index in [9.17, 15) is 0 Å². The first-order valence-corrected chi connectivity index (χ1v) is 26.5. The van der Waals surface area contributed by atoms with E-state index in [1.54, 1.807) is 5.20 Å². The van der Waals surface area contributed by atoms with Crippen LogP contribution in [0.4, 0.5) is 0 Å². The molecule has 0 saturated heterocycles. The van der Waals surface area contributed by atoms with Crippen molar-refractivity contribution < 1.29 is 0 Å². The fourth-order valence-corrected chi connectivity index (χ4v) is 16.6. The highest BCUT2D eigenvalue weighted by Crippen LogP contribution is 2.35. The summed E-state index contributed by atoms with van der Waals surface area (Å²) in [6.45, 7) is 4.84. The van der Waals surface area contributed by atoms with Gasteiger partial charge in [0, 0.05) is 0 Å². The van der Waals surface area contributed by atoms with E-state index in [0.717, 1.165) is 44.9 Å². The third kappa shape index (κ3) is 10.3. The van der Waals surface area contributed by atoms with E-state index in [-0.39, 0.29) is 0 Å². The van der Waals surface area contributed by atoms with Gasteiger partial charge in [0.25, 0.3) is 0 Å². The molecule has 0 spiro atoms. The van der Waals surface area contributed by atoms with Crippen LogP contribution in [0.1, 0.15) is 87.0 Å². The number of hydrogen-bond acceptors (Lipinski definition) is 0. The lowest BCUT2D eigenvalue weighted by molar-refractivity contribution is 1.14. The molecule has 0 aromatic heterocycles. The van der Waals surface area contributed by atoms with Crippen LogP contribution in [0.2, 0.25) is 0 Å². The second-order valence-corrected chi connectivity index (χ2v) is 22.8. The fourth-order valence-electron chi connectivity index (χ4n) is 10.9. The quantitative estimate of drug-likeness (QED) is 0.0670. The molecule has 0 unspecified atom stereocenters. The second kappa shape index (κ2) is 20.7. The lowest BCUT2D eigenvalue weighted by atomic mass is 9.99. The highest BCUT2D eigenvalue weighted by atomic mass is 28.3. The average Bonchev–Trinajstić information content (AvgIpc) is 3.70. The normalized spacial score (nSPS) is 12.6. The molecule has 1 aliphatic rings. The average molecular weight is 893 g/mol. The molecule has 0 bridgehead atoms. The zero-order valence-corrected chi connectivity index (χ0v) is 40.5. The first kappa shape index (κ1) is 44.5. The molecular weight excluding hydrogens is 833 g/mol. The predicted octanol–water partition coefficient (Wildman–Crippen LogP) is 13.9. The Morgan fingerprint density at radius 1 is 0.279 bits per heavy atom. The van der Waals surface area contributed by atoms with Crippen LogP contribution in [0.3, 0.4) is 0 Å². The van der Waals surface area contributed by atoms with Gasteiger partial charge < -0.3 is 0 Å². The number of hydrogen-bond donors (Lipinski definition) is 0. The summed E-state index contributed by atoms with van der Waals surface area (Å²) in [5.74, 6) is 0. The molecule has 0 aliphatic heterocycles. The van der Waals surface area contributed by atoms with Gasteiger partial charge in [-0.1, -0.05) is 254 Å². The lowest BCUT2D eigenvalue weighted by Gasteiger charge is -2.39. The summed E-state index contributed by atoms with van der Waals surface area (Å²) in [4.78, 5) is 0. The summed E-state index contributed by atoms with van der Waals surface area (Å²) in [6, 6.07) is 89.8. The molecule has 1 aliphatic carbocycles. The maximum atomic E-state index is 2.64. The van der Waals surface area contributed by atoms with Gasteiger partial charge in [0.15, 0.2) is 8.07 Å². The van der Waals surface area contributed by atoms with Crippen LogP contribution in [0.25, 0.3) is 0 Å². The largest absolute Gasteiger partial charge is 0.179 e. The van der Waals surface area contributed by atoms with Crippen LogP contribution in [-0.4, -0.2) is 8.07 Å². The molecule has 0 radical (unpaired) electrons.